The number of para-hydroxylation sites is 1. The number of nitrogens with zero attached hydrogens (tertiary/aromatic N) is 4. The lowest BCUT2D eigenvalue weighted by Gasteiger charge is -2.34. The van der Waals surface area contributed by atoms with Crippen molar-refractivity contribution in [1.82, 2.24) is 14.5 Å². The van der Waals surface area contributed by atoms with Crippen molar-refractivity contribution in [2.75, 3.05) is 38.2 Å². The number of aromatic nitrogens is 2. The average Bonchev–Trinajstić information content (AvgIpc) is 2.79. The fourth-order valence-corrected chi connectivity index (χ4v) is 5.15. The summed E-state index contributed by atoms with van der Waals surface area (Å²) < 4.78 is 32.6. The van der Waals surface area contributed by atoms with Crippen LogP contribution in [0.4, 0.5) is 5.82 Å². The van der Waals surface area contributed by atoms with E-state index in [0.717, 1.165) is 17.0 Å². The first kappa shape index (κ1) is 20.6. The van der Waals surface area contributed by atoms with Gasteiger partial charge in [-0.15, -0.1) is 10.2 Å². The zero-order valence-electron chi connectivity index (χ0n) is 16.4. The lowest BCUT2D eigenvalue weighted by Crippen LogP contribution is -2.49. The van der Waals surface area contributed by atoms with Gasteiger partial charge in [-0.1, -0.05) is 29.8 Å². The lowest BCUT2D eigenvalue weighted by atomic mass is 10.1. The van der Waals surface area contributed by atoms with Gasteiger partial charge >= 0.3 is 0 Å². The van der Waals surface area contributed by atoms with Crippen LogP contribution >= 0.6 is 11.6 Å². The molecule has 2 aromatic carbocycles. The van der Waals surface area contributed by atoms with Gasteiger partial charge < -0.3 is 9.64 Å². The van der Waals surface area contributed by atoms with E-state index in [-0.39, 0.29) is 4.90 Å². The van der Waals surface area contributed by atoms with E-state index in [1.54, 1.807) is 25.3 Å². The largest absolute Gasteiger partial charge is 0.496 e. The molecule has 1 fully saturated rings. The maximum atomic E-state index is 12.9. The highest BCUT2D eigenvalue weighted by atomic mass is 35.5. The number of rotatable bonds is 5. The highest BCUT2D eigenvalue weighted by Crippen LogP contribution is 2.28. The summed E-state index contributed by atoms with van der Waals surface area (Å²) in [4.78, 5) is 2.24. The Morgan fingerprint density at radius 3 is 2.37 bits per heavy atom. The van der Waals surface area contributed by atoms with Gasteiger partial charge in [0.2, 0.25) is 10.0 Å². The van der Waals surface area contributed by atoms with Gasteiger partial charge in [-0.3, -0.25) is 0 Å². The van der Waals surface area contributed by atoms with Crippen LogP contribution in [0.25, 0.3) is 11.3 Å². The Morgan fingerprint density at radius 2 is 1.70 bits per heavy atom. The van der Waals surface area contributed by atoms with E-state index in [4.69, 9.17) is 16.3 Å². The number of anilines is 1. The quantitative estimate of drug-likeness (QED) is 0.601. The molecule has 0 N–H and O–H groups in total. The maximum absolute atomic E-state index is 12.9. The molecule has 0 aliphatic carbocycles. The van der Waals surface area contributed by atoms with E-state index < -0.39 is 10.0 Å². The zero-order valence-corrected chi connectivity index (χ0v) is 18.0. The van der Waals surface area contributed by atoms with Crippen LogP contribution in [0.2, 0.25) is 5.02 Å². The molecule has 0 spiro atoms. The van der Waals surface area contributed by atoms with Gasteiger partial charge in [-0.25, -0.2) is 8.42 Å². The summed E-state index contributed by atoms with van der Waals surface area (Å²) >= 11 is 5.95. The standard InChI is InChI=1S/C21H21ClN4O3S/c1-29-20-8-3-2-7-18(20)19-9-10-21(24-23-19)25-11-13-26(14-12-25)30(27,28)17-6-4-5-16(22)15-17/h2-10,15H,11-14H2,1H3. The molecule has 156 valence electrons. The van der Waals surface area contributed by atoms with Crippen LogP contribution in [0.5, 0.6) is 5.75 Å². The van der Waals surface area contributed by atoms with Gasteiger partial charge in [-0.05, 0) is 42.5 Å². The van der Waals surface area contributed by atoms with Crippen molar-refractivity contribution in [1.29, 1.82) is 0 Å². The molecule has 2 heterocycles. The molecule has 0 saturated carbocycles. The topological polar surface area (TPSA) is 75.6 Å². The number of hydrogen-bond donors (Lipinski definition) is 0. The van der Waals surface area contributed by atoms with Crippen LogP contribution < -0.4 is 9.64 Å². The van der Waals surface area contributed by atoms with E-state index in [2.05, 4.69) is 10.2 Å². The highest BCUT2D eigenvalue weighted by molar-refractivity contribution is 7.89. The van der Waals surface area contributed by atoms with Gasteiger partial charge in [0.15, 0.2) is 5.82 Å². The molecule has 1 aliphatic rings. The van der Waals surface area contributed by atoms with Crippen molar-refractivity contribution in [3.05, 3.63) is 65.7 Å². The normalized spacial score (nSPS) is 15.2. The van der Waals surface area contributed by atoms with E-state index in [1.165, 1.54) is 10.4 Å². The molecular weight excluding hydrogens is 424 g/mol. The van der Waals surface area contributed by atoms with E-state index >= 15 is 0 Å². The van der Waals surface area contributed by atoms with E-state index in [0.29, 0.717) is 37.0 Å². The van der Waals surface area contributed by atoms with Crippen molar-refractivity contribution in [2.45, 2.75) is 4.90 Å². The van der Waals surface area contributed by atoms with Crippen LogP contribution in [0.1, 0.15) is 0 Å². The van der Waals surface area contributed by atoms with Crippen LogP contribution in [-0.2, 0) is 10.0 Å². The van der Waals surface area contributed by atoms with Gasteiger partial charge in [-0.2, -0.15) is 4.31 Å². The van der Waals surface area contributed by atoms with Gasteiger partial charge in [0, 0.05) is 36.8 Å². The van der Waals surface area contributed by atoms with E-state index in [9.17, 15) is 8.42 Å². The first-order valence-electron chi connectivity index (χ1n) is 9.47. The van der Waals surface area contributed by atoms with Crippen LogP contribution in [0, 0.1) is 0 Å². The number of piperazine rings is 1. The third-order valence-electron chi connectivity index (χ3n) is 5.03. The summed E-state index contributed by atoms with van der Waals surface area (Å²) in [6.07, 6.45) is 0. The number of benzene rings is 2. The van der Waals surface area contributed by atoms with E-state index in [1.807, 2.05) is 41.3 Å². The van der Waals surface area contributed by atoms with Crippen molar-refractivity contribution in [3.63, 3.8) is 0 Å². The molecule has 4 rings (SSSR count). The molecule has 0 unspecified atom stereocenters. The molecule has 0 bridgehead atoms. The summed E-state index contributed by atoms with van der Waals surface area (Å²) in [5.74, 6) is 1.45. The minimum Gasteiger partial charge on any atom is -0.496 e. The minimum absolute atomic E-state index is 0.212. The van der Waals surface area contributed by atoms with Gasteiger partial charge in [0.1, 0.15) is 5.75 Å². The fraction of sp³-hybridized carbons (Fsp3) is 0.238. The number of methoxy groups -OCH3 is 1. The Bertz CT molecular complexity index is 1130. The summed E-state index contributed by atoms with van der Waals surface area (Å²) in [6, 6.07) is 17.8. The highest BCUT2D eigenvalue weighted by Gasteiger charge is 2.29. The number of hydrogen-bond acceptors (Lipinski definition) is 6. The van der Waals surface area contributed by atoms with Crippen LogP contribution in [0.3, 0.4) is 0 Å². The Hall–Kier alpha value is -2.68. The number of sulfonamides is 1. The predicted octanol–water partition coefficient (Wildman–Crippen LogP) is 3.32. The van der Waals surface area contributed by atoms with Crippen LogP contribution in [-0.4, -0.2) is 56.2 Å². The van der Waals surface area contributed by atoms with Crippen molar-refractivity contribution >= 4 is 27.4 Å². The second-order valence-electron chi connectivity index (χ2n) is 6.83. The molecule has 1 aliphatic heterocycles. The number of halogens is 1. The molecule has 0 amide bonds. The minimum atomic E-state index is -3.57. The summed E-state index contributed by atoms with van der Waals surface area (Å²) in [6.45, 7) is 1.79. The molecule has 9 heteroatoms. The second kappa shape index (κ2) is 8.59. The summed E-state index contributed by atoms with van der Waals surface area (Å²) in [5, 5.41) is 9.09. The fourth-order valence-electron chi connectivity index (χ4n) is 3.43. The molecule has 30 heavy (non-hydrogen) atoms. The third-order valence-corrected chi connectivity index (χ3v) is 7.16. The Balaban J connectivity index is 1.45. The molecule has 1 aromatic heterocycles. The summed E-state index contributed by atoms with van der Waals surface area (Å²) in [7, 11) is -1.95. The second-order valence-corrected chi connectivity index (χ2v) is 9.20. The predicted molar refractivity (Wildman–Crippen MR) is 116 cm³/mol. The third kappa shape index (κ3) is 4.12. The molecule has 3 aromatic rings. The summed E-state index contributed by atoms with van der Waals surface area (Å²) in [5.41, 5.74) is 1.59. The Morgan fingerprint density at radius 1 is 0.933 bits per heavy atom. The van der Waals surface area contributed by atoms with Gasteiger partial charge in [0.05, 0.1) is 17.7 Å². The molecule has 1 saturated heterocycles. The first-order chi connectivity index (χ1) is 14.5. The lowest BCUT2D eigenvalue weighted by molar-refractivity contribution is 0.383. The smallest absolute Gasteiger partial charge is 0.243 e. The first-order valence-corrected chi connectivity index (χ1v) is 11.3. The average molecular weight is 445 g/mol. The maximum Gasteiger partial charge on any atom is 0.243 e. The van der Waals surface area contributed by atoms with Crippen molar-refractivity contribution < 1.29 is 13.2 Å². The van der Waals surface area contributed by atoms with Crippen molar-refractivity contribution in [2.24, 2.45) is 0 Å². The monoisotopic (exact) mass is 444 g/mol. The molecule has 0 atom stereocenters. The Kier molecular flexibility index (Phi) is 5.90. The zero-order chi connectivity index (χ0) is 21.1. The number of ether oxygens (including phenoxy) is 1. The van der Waals surface area contributed by atoms with Crippen LogP contribution in [0.15, 0.2) is 65.6 Å². The van der Waals surface area contributed by atoms with Crippen molar-refractivity contribution in [3.8, 4) is 17.0 Å². The molecule has 7 nitrogen and oxygen atoms in total. The van der Waals surface area contributed by atoms with Gasteiger partial charge in [0.25, 0.3) is 0 Å². The molecule has 0 radical (unpaired) electrons. The molecular formula is C21H21ClN4O3S. The SMILES string of the molecule is COc1ccccc1-c1ccc(N2CCN(S(=O)(=O)c3cccc(Cl)c3)CC2)nn1. The Labute approximate surface area is 180 Å².